The summed E-state index contributed by atoms with van der Waals surface area (Å²) in [5.41, 5.74) is 7.97. The topological polar surface area (TPSA) is 67.6 Å². The van der Waals surface area contributed by atoms with Crippen molar-refractivity contribution in [2.75, 3.05) is 25.4 Å². The molecule has 0 saturated heterocycles. The second kappa shape index (κ2) is 7.17. The van der Waals surface area contributed by atoms with Crippen molar-refractivity contribution in [1.82, 2.24) is 10.2 Å². The van der Waals surface area contributed by atoms with Crippen LogP contribution >= 0.6 is 0 Å². The normalized spacial score (nSPS) is 15.1. The number of rotatable bonds is 4. The van der Waals surface area contributed by atoms with Crippen LogP contribution in [0.4, 0.5) is 14.9 Å². The summed E-state index contributed by atoms with van der Waals surface area (Å²) >= 11 is 0. The van der Waals surface area contributed by atoms with Crippen molar-refractivity contribution in [2.24, 2.45) is 0 Å². The van der Waals surface area contributed by atoms with Crippen LogP contribution in [0.25, 0.3) is 0 Å². The molecule has 1 amide bonds. The summed E-state index contributed by atoms with van der Waals surface area (Å²) in [6.07, 6.45) is 1.26. The maximum absolute atomic E-state index is 13.5. The minimum Gasteiger partial charge on any atom is -0.444 e. The molecule has 1 aliphatic rings. The van der Waals surface area contributed by atoms with Gasteiger partial charge < -0.3 is 15.8 Å². The van der Waals surface area contributed by atoms with Gasteiger partial charge in [0.25, 0.3) is 0 Å². The number of hydrogen-bond acceptors (Lipinski definition) is 4. The first-order valence-corrected chi connectivity index (χ1v) is 8.00. The van der Waals surface area contributed by atoms with E-state index in [1.54, 1.807) is 6.07 Å². The molecule has 128 valence electrons. The van der Waals surface area contributed by atoms with Crippen molar-refractivity contribution < 1.29 is 13.9 Å². The van der Waals surface area contributed by atoms with Gasteiger partial charge in [-0.1, -0.05) is 0 Å². The van der Waals surface area contributed by atoms with Gasteiger partial charge >= 0.3 is 6.09 Å². The third-order valence-corrected chi connectivity index (χ3v) is 3.73. The Bertz CT molecular complexity index is 570. The van der Waals surface area contributed by atoms with Gasteiger partial charge in [-0.15, -0.1) is 0 Å². The van der Waals surface area contributed by atoms with Crippen LogP contribution in [0.15, 0.2) is 12.1 Å². The van der Waals surface area contributed by atoms with Gasteiger partial charge in [0.1, 0.15) is 11.4 Å². The highest BCUT2D eigenvalue weighted by Crippen LogP contribution is 2.25. The molecule has 0 fully saturated rings. The fourth-order valence-electron chi connectivity index (χ4n) is 2.75. The fourth-order valence-corrected chi connectivity index (χ4v) is 2.75. The highest BCUT2D eigenvalue weighted by Gasteiger charge is 2.19. The maximum Gasteiger partial charge on any atom is 0.407 e. The van der Waals surface area contributed by atoms with Crippen LogP contribution in [0, 0.1) is 5.82 Å². The first-order valence-electron chi connectivity index (χ1n) is 8.00. The highest BCUT2D eigenvalue weighted by atomic mass is 19.1. The third-order valence-electron chi connectivity index (χ3n) is 3.73. The van der Waals surface area contributed by atoms with Crippen molar-refractivity contribution in [2.45, 2.75) is 45.8 Å². The molecule has 0 saturated carbocycles. The molecule has 23 heavy (non-hydrogen) atoms. The second-order valence-corrected chi connectivity index (χ2v) is 6.94. The lowest BCUT2D eigenvalue weighted by molar-refractivity contribution is 0.0525. The zero-order chi connectivity index (χ0) is 17.0. The van der Waals surface area contributed by atoms with Gasteiger partial charge in [-0.2, -0.15) is 0 Å². The predicted molar refractivity (Wildman–Crippen MR) is 88.6 cm³/mol. The van der Waals surface area contributed by atoms with Crippen molar-refractivity contribution >= 4 is 11.8 Å². The Morgan fingerprint density at radius 2 is 2.17 bits per heavy atom. The molecule has 0 radical (unpaired) electrons. The summed E-state index contributed by atoms with van der Waals surface area (Å²) in [4.78, 5) is 13.8. The van der Waals surface area contributed by atoms with Gasteiger partial charge in [0.2, 0.25) is 0 Å². The summed E-state index contributed by atoms with van der Waals surface area (Å²) in [6.45, 7) is 8.50. The fraction of sp³-hybridized carbons (Fsp3) is 0.588. The van der Waals surface area contributed by atoms with Gasteiger partial charge in [0.05, 0.1) is 0 Å². The minimum atomic E-state index is -0.481. The van der Waals surface area contributed by atoms with E-state index in [0.717, 1.165) is 37.1 Å². The van der Waals surface area contributed by atoms with E-state index in [1.165, 1.54) is 6.07 Å². The number of carbonyl (C=O) groups is 1. The molecule has 2 rings (SSSR count). The van der Waals surface area contributed by atoms with Gasteiger partial charge in [-0.25, -0.2) is 9.18 Å². The summed E-state index contributed by atoms with van der Waals surface area (Å²) in [5.74, 6) is -0.283. The summed E-state index contributed by atoms with van der Waals surface area (Å²) in [5, 5.41) is 2.75. The average molecular weight is 323 g/mol. The van der Waals surface area contributed by atoms with Crippen LogP contribution in [0.3, 0.4) is 0 Å². The molecule has 3 N–H and O–H groups in total. The molecule has 0 aliphatic carbocycles. The Hall–Kier alpha value is -1.82. The molecule has 1 aromatic carbocycles. The lowest BCUT2D eigenvalue weighted by atomic mass is 9.97. The number of carbonyl (C=O) groups excluding carboxylic acids is 1. The smallest absolute Gasteiger partial charge is 0.407 e. The molecule has 0 atom stereocenters. The quantitative estimate of drug-likeness (QED) is 0.660. The van der Waals surface area contributed by atoms with Gasteiger partial charge in [-0.3, -0.25) is 4.90 Å². The molecular weight excluding hydrogens is 297 g/mol. The molecule has 6 heteroatoms. The third kappa shape index (κ3) is 5.39. The Labute approximate surface area is 137 Å². The Balaban J connectivity index is 1.75. The lowest BCUT2D eigenvalue weighted by Crippen LogP contribution is -2.36. The van der Waals surface area contributed by atoms with E-state index in [-0.39, 0.29) is 5.82 Å². The first kappa shape index (κ1) is 17.5. The number of amides is 1. The minimum absolute atomic E-state index is 0.283. The number of alkyl carbamates (subject to hydrolysis) is 1. The SMILES string of the molecule is CC(C)(C)OC(=O)NCCCN1CCc2c(N)cc(F)cc2C1. The van der Waals surface area contributed by atoms with E-state index >= 15 is 0 Å². The molecule has 0 unspecified atom stereocenters. The monoisotopic (exact) mass is 323 g/mol. The number of halogens is 1. The summed E-state index contributed by atoms with van der Waals surface area (Å²) in [6, 6.07) is 2.95. The van der Waals surface area contributed by atoms with Crippen LogP contribution in [-0.4, -0.2) is 36.2 Å². The highest BCUT2D eigenvalue weighted by molar-refractivity contribution is 5.67. The van der Waals surface area contributed by atoms with Crippen molar-refractivity contribution in [3.05, 3.63) is 29.1 Å². The van der Waals surface area contributed by atoms with Crippen molar-refractivity contribution in [3.63, 3.8) is 0 Å². The Morgan fingerprint density at radius 1 is 1.43 bits per heavy atom. The standard InChI is InChI=1S/C17H26FN3O2/c1-17(2,3)23-16(22)20-6-4-7-21-8-5-14-12(11-21)9-13(18)10-15(14)19/h9-10H,4-8,11,19H2,1-3H3,(H,20,22). The number of hydrogen-bond donors (Lipinski definition) is 2. The van der Waals surface area contributed by atoms with Crippen molar-refractivity contribution in [1.29, 1.82) is 0 Å². The molecule has 0 bridgehead atoms. The molecule has 1 heterocycles. The van der Waals surface area contributed by atoms with Crippen LogP contribution < -0.4 is 11.1 Å². The molecular formula is C17H26FN3O2. The van der Waals surface area contributed by atoms with E-state index in [0.29, 0.717) is 18.8 Å². The Kier molecular flexibility index (Phi) is 5.46. The Morgan fingerprint density at radius 3 is 2.87 bits per heavy atom. The van der Waals surface area contributed by atoms with Crippen LogP contribution in [0.5, 0.6) is 0 Å². The molecule has 0 spiro atoms. The zero-order valence-corrected chi connectivity index (χ0v) is 14.1. The molecule has 1 aromatic rings. The molecule has 5 nitrogen and oxygen atoms in total. The van der Waals surface area contributed by atoms with Crippen LogP contribution in [-0.2, 0) is 17.7 Å². The molecule has 0 aromatic heterocycles. The summed E-state index contributed by atoms with van der Waals surface area (Å²) in [7, 11) is 0. The number of nitrogens with two attached hydrogens (primary N) is 1. The number of nitrogens with zero attached hydrogens (tertiary/aromatic N) is 1. The second-order valence-electron chi connectivity index (χ2n) is 6.94. The number of nitrogen functional groups attached to an aromatic ring is 1. The average Bonchev–Trinajstić information content (AvgIpc) is 2.41. The lowest BCUT2D eigenvalue weighted by Gasteiger charge is -2.29. The van der Waals surface area contributed by atoms with E-state index < -0.39 is 11.7 Å². The van der Waals surface area contributed by atoms with E-state index in [4.69, 9.17) is 10.5 Å². The number of nitrogens with one attached hydrogen (secondary N) is 1. The van der Waals surface area contributed by atoms with Gasteiger partial charge in [0.15, 0.2) is 0 Å². The first-order chi connectivity index (χ1) is 10.7. The number of anilines is 1. The van der Waals surface area contributed by atoms with Crippen molar-refractivity contribution in [3.8, 4) is 0 Å². The maximum atomic E-state index is 13.5. The van der Waals surface area contributed by atoms with Gasteiger partial charge in [-0.05, 0) is 56.9 Å². The van der Waals surface area contributed by atoms with E-state index in [9.17, 15) is 9.18 Å². The van der Waals surface area contributed by atoms with E-state index in [1.807, 2.05) is 20.8 Å². The zero-order valence-electron chi connectivity index (χ0n) is 14.1. The van der Waals surface area contributed by atoms with Crippen LogP contribution in [0.2, 0.25) is 0 Å². The van der Waals surface area contributed by atoms with Gasteiger partial charge in [0, 0.05) is 31.9 Å². The largest absolute Gasteiger partial charge is 0.444 e. The molecule has 1 aliphatic heterocycles. The van der Waals surface area contributed by atoms with E-state index in [2.05, 4.69) is 10.2 Å². The number of benzene rings is 1. The van der Waals surface area contributed by atoms with Crippen LogP contribution in [0.1, 0.15) is 38.3 Å². The predicted octanol–water partition coefficient (Wildman–Crippen LogP) is 2.68. The summed E-state index contributed by atoms with van der Waals surface area (Å²) < 4.78 is 18.6. The number of ether oxygens (including phenoxy) is 1. The number of fused-ring (bicyclic) bond motifs is 1.